The zero-order valence-electron chi connectivity index (χ0n) is 13.8. The quantitative estimate of drug-likeness (QED) is 0.550. The van der Waals surface area contributed by atoms with Crippen molar-refractivity contribution in [2.24, 2.45) is 0 Å². The Kier molecular flexibility index (Phi) is 6.33. The van der Waals surface area contributed by atoms with Gasteiger partial charge in [-0.05, 0) is 42.5 Å². The number of halogens is 1. The van der Waals surface area contributed by atoms with Crippen LogP contribution in [0.1, 0.15) is 12.5 Å². The van der Waals surface area contributed by atoms with E-state index in [1.165, 1.54) is 14.2 Å². The SMILES string of the molecule is CCOc1cc(/C=C2\SC(=O)N(C)C2=O)cc(Cl)c1OCC(=O)OC. The van der Waals surface area contributed by atoms with E-state index in [0.717, 1.165) is 16.7 Å². The number of amides is 2. The van der Waals surface area contributed by atoms with Crippen molar-refractivity contribution in [2.45, 2.75) is 6.92 Å². The van der Waals surface area contributed by atoms with E-state index in [-0.39, 0.29) is 33.4 Å². The Morgan fingerprint density at radius 1 is 1.32 bits per heavy atom. The van der Waals surface area contributed by atoms with E-state index in [1.807, 2.05) is 0 Å². The fraction of sp³-hybridized carbons (Fsp3) is 0.312. The van der Waals surface area contributed by atoms with Gasteiger partial charge < -0.3 is 14.2 Å². The first-order valence-corrected chi connectivity index (χ1v) is 8.44. The van der Waals surface area contributed by atoms with Crippen LogP contribution in [0.5, 0.6) is 11.5 Å². The average molecular weight is 386 g/mol. The van der Waals surface area contributed by atoms with Gasteiger partial charge >= 0.3 is 5.97 Å². The molecule has 0 radical (unpaired) electrons. The van der Waals surface area contributed by atoms with Gasteiger partial charge in [-0.2, -0.15) is 0 Å². The Labute approximate surface area is 153 Å². The first-order valence-electron chi connectivity index (χ1n) is 7.24. The Balaban J connectivity index is 2.34. The smallest absolute Gasteiger partial charge is 0.343 e. The van der Waals surface area contributed by atoms with Crippen molar-refractivity contribution in [1.29, 1.82) is 0 Å². The predicted octanol–water partition coefficient (Wildman–Crippen LogP) is 2.96. The molecule has 2 rings (SSSR count). The molecule has 0 aromatic heterocycles. The van der Waals surface area contributed by atoms with Gasteiger partial charge in [0.15, 0.2) is 18.1 Å². The summed E-state index contributed by atoms with van der Waals surface area (Å²) in [5.74, 6) is -0.412. The van der Waals surface area contributed by atoms with E-state index >= 15 is 0 Å². The van der Waals surface area contributed by atoms with Gasteiger partial charge in [0.25, 0.3) is 11.1 Å². The molecule has 0 atom stereocenters. The third kappa shape index (κ3) is 4.46. The number of imide groups is 1. The summed E-state index contributed by atoms with van der Waals surface area (Å²) in [6.45, 7) is 1.82. The van der Waals surface area contributed by atoms with Gasteiger partial charge in [-0.3, -0.25) is 14.5 Å². The number of carbonyl (C=O) groups is 3. The summed E-state index contributed by atoms with van der Waals surface area (Å²) < 4.78 is 15.4. The van der Waals surface area contributed by atoms with Gasteiger partial charge in [0.05, 0.1) is 23.6 Å². The molecule has 0 aliphatic carbocycles. The van der Waals surface area contributed by atoms with Crippen LogP contribution in [0, 0.1) is 0 Å². The van der Waals surface area contributed by atoms with Gasteiger partial charge in [-0.15, -0.1) is 0 Å². The summed E-state index contributed by atoms with van der Waals surface area (Å²) in [5.41, 5.74) is 0.567. The minimum absolute atomic E-state index is 0.203. The number of esters is 1. The van der Waals surface area contributed by atoms with Gasteiger partial charge in [0, 0.05) is 7.05 Å². The number of benzene rings is 1. The highest BCUT2D eigenvalue weighted by Gasteiger charge is 2.31. The average Bonchev–Trinajstić information content (AvgIpc) is 2.81. The molecular formula is C16H16ClNO6S. The third-order valence-corrected chi connectivity index (χ3v) is 4.42. The van der Waals surface area contributed by atoms with E-state index in [1.54, 1.807) is 25.1 Å². The van der Waals surface area contributed by atoms with Gasteiger partial charge in [-0.25, -0.2) is 4.79 Å². The highest BCUT2D eigenvalue weighted by molar-refractivity contribution is 8.18. The van der Waals surface area contributed by atoms with Crippen LogP contribution >= 0.6 is 23.4 Å². The summed E-state index contributed by atoms with van der Waals surface area (Å²) in [5, 5.41) is -0.137. The zero-order valence-corrected chi connectivity index (χ0v) is 15.4. The number of thioether (sulfide) groups is 1. The van der Waals surface area contributed by atoms with Crippen LogP contribution < -0.4 is 9.47 Å². The minimum atomic E-state index is -0.556. The maximum absolute atomic E-state index is 12.0. The fourth-order valence-electron chi connectivity index (χ4n) is 1.96. The molecule has 1 aromatic carbocycles. The number of hydrogen-bond donors (Lipinski definition) is 0. The molecule has 1 aliphatic rings. The largest absolute Gasteiger partial charge is 0.490 e. The lowest BCUT2D eigenvalue weighted by Crippen LogP contribution is -2.22. The summed E-state index contributed by atoms with van der Waals surface area (Å²) in [6.07, 6.45) is 1.55. The summed E-state index contributed by atoms with van der Waals surface area (Å²) in [6, 6.07) is 3.17. The number of nitrogens with zero attached hydrogens (tertiary/aromatic N) is 1. The van der Waals surface area contributed by atoms with Crippen molar-refractivity contribution in [3.63, 3.8) is 0 Å². The standard InChI is InChI=1S/C16H16ClNO6S/c1-4-23-11-6-9(7-12-15(20)18(2)16(21)25-12)5-10(17)14(11)24-8-13(19)22-3/h5-7H,4,8H2,1-3H3/b12-7-. The highest BCUT2D eigenvalue weighted by Crippen LogP contribution is 2.39. The number of methoxy groups -OCH3 is 1. The second-order valence-electron chi connectivity index (χ2n) is 4.87. The molecule has 0 N–H and O–H groups in total. The van der Waals surface area contributed by atoms with Crippen LogP contribution in [0.25, 0.3) is 6.08 Å². The van der Waals surface area contributed by atoms with Crippen molar-refractivity contribution in [3.05, 3.63) is 27.6 Å². The van der Waals surface area contributed by atoms with Crippen LogP contribution in [-0.2, 0) is 14.3 Å². The van der Waals surface area contributed by atoms with Crippen LogP contribution in [0.3, 0.4) is 0 Å². The molecule has 9 heteroatoms. The first kappa shape index (κ1) is 19.1. The summed E-state index contributed by atoms with van der Waals surface area (Å²) >= 11 is 7.07. The Bertz CT molecular complexity index is 748. The van der Waals surface area contributed by atoms with Gasteiger partial charge in [-0.1, -0.05) is 11.6 Å². The van der Waals surface area contributed by atoms with Crippen molar-refractivity contribution in [2.75, 3.05) is 27.4 Å². The number of ether oxygens (including phenoxy) is 3. The summed E-state index contributed by atoms with van der Waals surface area (Å²) in [4.78, 5) is 36.1. The second-order valence-corrected chi connectivity index (χ2v) is 6.27. The van der Waals surface area contributed by atoms with Crippen LogP contribution in [-0.4, -0.2) is 49.4 Å². The Morgan fingerprint density at radius 3 is 2.60 bits per heavy atom. The third-order valence-electron chi connectivity index (χ3n) is 3.18. The highest BCUT2D eigenvalue weighted by atomic mass is 35.5. The Morgan fingerprint density at radius 2 is 2.04 bits per heavy atom. The lowest BCUT2D eigenvalue weighted by molar-refractivity contribution is -0.142. The van der Waals surface area contributed by atoms with Crippen LogP contribution in [0.15, 0.2) is 17.0 Å². The molecule has 1 aromatic rings. The second kappa shape index (κ2) is 8.26. The molecule has 0 bridgehead atoms. The molecule has 1 fully saturated rings. The molecule has 0 spiro atoms. The molecule has 0 saturated carbocycles. The molecule has 2 amide bonds. The summed E-state index contributed by atoms with van der Waals surface area (Å²) in [7, 11) is 2.67. The lowest BCUT2D eigenvalue weighted by Gasteiger charge is -2.14. The van der Waals surface area contributed by atoms with Crippen LogP contribution in [0.4, 0.5) is 4.79 Å². The van der Waals surface area contributed by atoms with E-state index < -0.39 is 5.97 Å². The van der Waals surface area contributed by atoms with E-state index in [0.29, 0.717) is 17.9 Å². The Hall–Kier alpha value is -2.19. The zero-order chi connectivity index (χ0) is 18.6. The molecule has 25 heavy (non-hydrogen) atoms. The fourth-order valence-corrected chi connectivity index (χ4v) is 3.06. The lowest BCUT2D eigenvalue weighted by atomic mass is 10.1. The molecule has 134 valence electrons. The first-order chi connectivity index (χ1) is 11.9. The van der Waals surface area contributed by atoms with E-state index in [9.17, 15) is 14.4 Å². The maximum atomic E-state index is 12.0. The normalized spacial score (nSPS) is 15.7. The van der Waals surface area contributed by atoms with Gasteiger partial charge in [0.2, 0.25) is 0 Å². The molecule has 1 saturated heterocycles. The van der Waals surface area contributed by atoms with Crippen molar-refractivity contribution >= 4 is 46.6 Å². The molecule has 0 unspecified atom stereocenters. The molecule has 7 nitrogen and oxygen atoms in total. The predicted molar refractivity (Wildman–Crippen MR) is 93.9 cm³/mol. The van der Waals surface area contributed by atoms with E-state index in [2.05, 4.69) is 4.74 Å². The topological polar surface area (TPSA) is 82.1 Å². The number of hydrogen-bond acceptors (Lipinski definition) is 7. The van der Waals surface area contributed by atoms with Crippen molar-refractivity contribution in [3.8, 4) is 11.5 Å². The molecule has 1 aliphatic heterocycles. The maximum Gasteiger partial charge on any atom is 0.343 e. The van der Waals surface area contributed by atoms with Crippen molar-refractivity contribution in [1.82, 2.24) is 4.90 Å². The van der Waals surface area contributed by atoms with Gasteiger partial charge in [0.1, 0.15) is 0 Å². The monoisotopic (exact) mass is 385 g/mol. The number of rotatable bonds is 6. The van der Waals surface area contributed by atoms with Crippen molar-refractivity contribution < 1.29 is 28.6 Å². The van der Waals surface area contributed by atoms with Crippen LogP contribution in [0.2, 0.25) is 5.02 Å². The number of likely N-dealkylation sites (N-methyl/N-ethyl adjacent to an activating group) is 1. The van der Waals surface area contributed by atoms with E-state index in [4.69, 9.17) is 21.1 Å². The number of carbonyl (C=O) groups excluding carboxylic acids is 3. The molecular weight excluding hydrogens is 370 g/mol. The minimum Gasteiger partial charge on any atom is -0.490 e. The molecule has 1 heterocycles.